The van der Waals surface area contributed by atoms with Gasteiger partial charge in [-0.15, -0.1) is 10.2 Å². The quantitative estimate of drug-likeness (QED) is 0.779. The monoisotopic (exact) mass is 347 g/mol. The topological polar surface area (TPSA) is 63.1 Å². The van der Waals surface area contributed by atoms with E-state index in [0.717, 1.165) is 28.9 Å². The Labute approximate surface area is 147 Å². The summed E-state index contributed by atoms with van der Waals surface area (Å²) >= 11 is 1.41. The molecule has 1 aromatic heterocycles. The molecule has 0 saturated carbocycles. The zero-order valence-electron chi connectivity index (χ0n) is 14.9. The van der Waals surface area contributed by atoms with Gasteiger partial charge >= 0.3 is 0 Å². The van der Waals surface area contributed by atoms with E-state index in [0.29, 0.717) is 11.7 Å². The van der Waals surface area contributed by atoms with Crippen molar-refractivity contribution in [2.24, 2.45) is 0 Å². The lowest BCUT2D eigenvalue weighted by atomic mass is 10.2. The number of hydrogen-bond acceptors (Lipinski definition) is 5. The summed E-state index contributed by atoms with van der Waals surface area (Å²) in [5, 5.41) is 12.1. The maximum atomic E-state index is 12.1. The second-order valence-corrected chi connectivity index (χ2v) is 6.96. The Bertz CT molecular complexity index is 679. The molecule has 0 saturated heterocycles. The van der Waals surface area contributed by atoms with Crippen LogP contribution in [0.4, 0.5) is 11.4 Å². The summed E-state index contributed by atoms with van der Waals surface area (Å²) in [7, 11) is 3.97. The number of thioether (sulfide) groups is 1. The van der Waals surface area contributed by atoms with Crippen LogP contribution >= 0.6 is 11.8 Å². The van der Waals surface area contributed by atoms with Gasteiger partial charge in [0.2, 0.25) is 5.91 Å². The van der Waals surface area contributed by atoms with Crippen LogP contribution in [-0.4, -0.2) is 40.5 Å². The molecular weight excluding hydrogens is 322 g/mol. The van der Waals surface area contributed by atoms with E-state index >= 15 is 0 Å². The molecule has 0 radical (unpaired) electrons. The Kier molecular flexibility index (Phi) is 6.25. The van der Waals surface area contributed by atoms with Crippen LogP contribution in [0.15, 0.2) is 29.4 Å². The van der Waals surface area contributed by atoms with E-state index in [9.17, 15) is 4.79 Å². The number of aromatic nitrogens is 3. The Hall–Kier alpha value is -2.02. The Balaban J connectivity index is 1.94. The summed E-state index contributed by atoms with van der Waals surface area (Å²) in [6.45, 7) is 7.05. The number of benzene rings is 1. The van der Waals surface area contributed by atoms with Crippen LogP contribution in [0.2, 0.25) is 0 Å². The van der Waals surface area contributed by atoms with Crippen molar-refractivity contribution in [2.45, 2.75) is 38.4 Å². The number of carbonyl (C=O) groups excluding carboxylic acids is 1. The molecule has 2 aromatic rings. The predicted octanol–water partition coefficient (Wildman–Crippen LogP) is 3.22. The first-order chi connectivity index (χ1) is 11.4. The van der Waals surface area contributed by atoms with Crippen molar-refractivity contribution in [3.63, 3.8) is 0 Å². The van der Waals surface area contributed by atoms with E-state index in [1.165, 1.54) is 11.8 Å². The maximum absolute atomic E-state index is 12.1. The summed E-state index contributed by atoms with van der Waals surface area (Å²) in [5.41, 5.74) is 1.89. The van der Waals surface area contributed by atoms with Gasteiger partial charge in [-0.25, -0.2) is 0 Å². The van der Waals surface area contributed by atoms with Crippen molar-refractivity contribution in [1.29, 1.82) is 0 Å². The smallest absolute Gasteiger partial charge is 0.234 e. The lowest BCUT2D eigenvalue weighted by Gasteiger charge is -2.13. The molecule has 0 unspecified atom stereocenters. The molecule has 24 heavy (non-hydrogen) atoms. The number of anilines is 2. The third-order valence-corrected chi connectivity index (χ3v) is 4.54. The highest BCUT2D eigenvalue weighted by Gasteiger charge is 2.15. The summed E-state index contributed by atoms with van der Waals surface area (Å²) in [4.78, 5) is 14.2. The number of nitrogens with one attached hydrogen (secondary N) is 1. The lowest BCUT2D eigenvalue weighted by Crippen LogP contribution is -2.15. The van der Waals surface area contributed by atoms with Crippen LogP contribution in [-0.2, 0) is 11.3 Å². The molecule has 0 aliphatic heterocycles. The van der Waals surface area contributed by atoms with Crippen molar-refractivity contribution in [3.8, 4) is 0 Å². The van der Waals surface area contributed by atoms with Gasteiger partial charge in [0, 0.05) is 37.9 Å². The molecule has 0 aliphatic rings. The van der Waals surface area contributed by atoms with Crippen molar-refractivity contribution in [2.75, 3.05) is 30.1 Å². The second-order valence-electron chi connectivity index (χ2n) is 6.02. The molecule has 0 aliphatic carbocycles. The summed E-state index contributed by atoms with van der Waals surface area (Å²) in [6.07, 6.45) is 0. The van der Waals surface area contributed by atoms with Crippen LogP contribution in [0, 0.1) is 0 Å². The average Bonchev–Trinajstić information content (AvgIpc) is 2.96. The molecule has 2 rings (SSSR count). The highest BCUT2D eigenvalue weighted by Crippen LogP contribution is 2.22. The van der Waals surface area contributed by atoms with E-state index in [4.69, 9.17) is 0 Å². The van der Waals surface area contributed by atoms with Crippen LogP contribution in [0.5, 0.6) is 0 Å². The number of hydrogen-bond donors (Lipinski definition) is 1. The molecule has 1 N–H and O–H groups in total. The fourth-order valence-electron chi connectivity index (χ4n) is 2.30. The Morgan fingerprint density at radius 2 is 1.92 bits per heavy atom. The largest absolute Gasteiger partial charge is 0.378 e. The average molecular weight is 347 g/mol. The number of amides is 1. The van der Waals surface area contributed by atoms with Crippen molar-refractivity contribution in [1.82, 2.24) is 14.8 Å². The number of carbonyl (C=O) groups is 1. The molecule has 0 atom stereocenters. The van der Waals surface area contributed by atoms with Gasteiger partial charge in [0.15, 0.2) is 5.16 Å². The van der Waals surface area contributed by atoms with E-state index in [1.54, 1.807) is 0 Å². The third kappa shape index (κ3) is 4.50. The lowest BCUT2D eigenvalue weighted by molar-refractivity contribution is -0.113. The Morgan fingerprint density at radius 3 is 2.46 bits per heavy atom. The molecule has 0 bridgehead atoms. The van der Waals surface area contributed by atoms with Crippen LogP contribution < -0.4 is 10.2 Å². The third-order valence-electron chi connectivity index (χ3n) is 3.58. The van der Waals surface area contributed by atoms with Crippen LogP contribution in [0.1, 0.15) is 32.5 Å². The normalized spacial score (nSPS) is 10.9. The predicted molar refractivity (Wildman–Crippen MR) is 99.9 cm³/mol. The fraction of sp³-hybridized carbons (Fsp3) is 0.471. The van der Waals surface area contributed by atoms with Gasteiger partial charge in [-0.3, -0.25) is 4.79 Å². The zero-order valence-corrected chi connectivity index (χ0v) is 15.7. The van der Waals surface area contributed by atoms with Gasteiger partial charge in [0.25, 0.3) is 0 Å². The molecule has 0 spiro atoms. The standard InChI is InChI=1S/C17H25N5OS/c1-6-22-16(12(2)3)19-20-17(22)24-11-15(23)18-13-7-9-14(10-8-13)21(4)5/h7-10,12H,6,11H2,1-5H3,(H,18,23). The highest BCUT2D eigenvalue weighted by atomic mass is 32.2. The van der Waals surface area contributed by atoms with Gasteiger partial charge in [0.1, 0.15) is 5.82 Å². The van der Waals surface area contributed by atoms with Gasteiger partial charge in [-0.1, -0.05) is 25.6 Å². The first-order valence-electron chi connectivity index (χ1n) is 8.05. The van der Waals surface area contributed by atoms with E-state index in [1.807, 2.05) is 43.3 Å². The molecule has 6 nitrogen and oxygen atoms in total. The van der Waals surface area contributed by atoms with Crippen molar-refractivity contribution < 1.29 is 4.79 Å². The highest BCUT2D eigenvalue weighted by molar-refractivity contribution is 7.99. The molecule has 7 heteroatoms. The van der Waals surface area contributed by atoms with Gasteiger partial charge in [0.05, 0.1) is 5.75 Å². The molecule has 0 fully saturated rings. The van der Waals surface area contributed by atoms with Gasteiger partial charge in [-0.2, -0.15) is 0 Å². The van der Waals surface area contributed by atoms with Crippen LogP contribution in [0.25, 0.3) is 0 Å². The first kappa shape index (κ1) is 18.3. The molecule has 130 valence electrons. The molecule has 1 heterocycles. The molecule has 1 amide bonds. The minimum atomic E-state index is -0.0469. The maximum Gasteiger partial charge on any atom is 0.234 e. The minimum Gasteiger partial charge on any atom is -0.378 e. The SMILES string of the molecule is CCn1c(SCC(=O)Nc2ccc(N(C)C)cc2)nnc1C(C)C. The first-order valence-corrected chi connectivity index (χ1v) is 9.04. The van der Waals surface area contributed by atoms with E-state index in [2.05, 4.69) is 40.9 Å². The second kappa shape index (κ2) is 8.19. The van der Waals surface area contributed by atoms with Gasteiger partial charge in [-0.05, 0) is 31.2 Å². The fourth-order valence-corrected chi connectivity index (χ4v) is 3.11. The summed E-state index contributed by atoms with van der Waals surface area (Å²) in [5.74, 6) is 1.54. The Morgan fingerprint density at radius 1 is 1.25 bits per heavy atom. The summed E-state index contributed by atoms with van der Waals surface area (Å²) in [6, 6.07) is 7.77. The minimum absolute atomic E-state index is 0.0469. The van der Waals surface area contributed by atoms with Gasteiger partial charge < -0.3 is 14.8 Å². The zero-order chi connectivity index (χ0) is 17.7. The summed E-state index contributed by atoms with van der Waals surface area (Å²) < 4.78 is 2.06. The van der Waals surface area contributed by atoms with Crippen molar-refractivity contribution >= 4 is 29.0 Å². The van der Waals surface area contributed by atoms with E-state index in [-0.39, 0.29) is 5.91 Å². The molecular formula is C17H25N5OS. The number of nitrogens with zero attached hydrogens (tertiary/aromatic N) is 4. The van der Waals surface area contributed by atoms with Crippen LogP contribution in [0.3, 0.4) is 0 Å². The van der Waals surface area contributed by atoms with E-state index < -0.39 is 0 Å². The molecule has 1 aromatic carbocycles. The van der Waals surface area contributed by atoms with Crippen molar-refractivity contribution in [3.05, 3.63) is 30.1 Å². The number of rotatable bonds is 7.